The minimum atomic E-state index is 0.0774. The van der Waals surface area contributed by atoms with Gasteiger partial charge in [0.05, 0.1) is 24.9 Å². The van der Waals surface area contributed by atoms with Gasteiger partial charge in [0.15, 0.2) is 0 Å². The maximum absolute atomic E-state index is 8.66. The van der Waals surface area contributed by atoms with Crippen LogP contribution in [0.25, 0.3) is 0 Å². The van der Waals surface area contributed by atoms with Crippen molar-refractivity contribution in [2.45, 2.75) is 12.5 Å². The molecule has 0 fully saturated rings. The van der Waals surface area contributed by atoms with E-state index in [4.69, 9.17) is 9.84 Å². The largest absolute Gasteiger partial charge is 0.394 e. The molecule has 0 aliphatic heterocycles. The van der Waals surface area contributed by atoms with Gasteiger partial charge in [-0.2, -0.15) is 0 Å². The van der Waals surface area contributed by atoms with Gasteiger partial charge in [-0.15, -0.1) is 0 Å². The lowest BCUT2D eigenvalue weighted by molar-refractivity contribution is 0.0905. The number of aromatic nitrogens is 1. The minimum absolute atomic E-state index is 0.0774. The average Bonchev–Trinajstić information content (AvgIpc) is 2.56. The number of benzene rings is 1. The molecule has 4 heteroatoms. The number of aliphatic hydroxyl groups excluding tert-OH is 1. The lowest BCUT2D eigenvalue weighted by Crippen LogP contribution is -2.25. The van der Waals surface area contributed by atoms with Gasteiger partial charge in [0.1, 0.15) is 0 Å². The molecule has 1 atom stereocenters. The molecule has 2 N–H and O–H groups in total. The van der Waals surface area contributed by atoms with E-state index >= 15 is 0 Å². The molecule has 0 spiro atoms. The highest BCUT2D eigenvalue weighted by Crippen LogP contribution is 2.19. The third-order valence-corrected chi connectivity index (χ3v) is 3.17. The van der Waals surface area contributed by atoms with Crippen molar-refractivity contribution >= 4 is 0 Å². The molecule has 1 unspecified atom stereocenters. The van der Waals surface area contributed by atoms with E-state index in [1.54, 1.807) is 0 Å². The normalized spacial score (nSPS) is 12.2. The van der Waals surface area contributed by atoms with E-state index in [1.165, 1.54) is 5.56 Å². The first-order valence-electron chi connectivity index (χ1n) is 7.29. The topological polar surface area (TPSA) is 54.4 Å². The molecule has 2 aromatic rings. The molecule has 0 amide bonds. The van der Waals surface area contributed by atoms with Gasteiger partial charge >= 0.3 is 0 Å². The Morgan fingerprint density at radius 1 is 1.05 bits per heavy atom. The molecule has 0 aliphatic carbocycles. The van der Waals surface area contributed by atoms with E-state index in [9.17, 15) is 0 Å². The standard InChI is InChI=1S/C17H22N2O2/c20-12-14-21-13-6-11-19-17(15-7-2-1-3-8-15)16-9-4-5-10-18-16/h1-5,7-10,17,19-20H,6,11-14H2. The summed E-state index contributed by atoms with van der Waals surface area (Å²) in [4.78, 5) is 4.46. The van der Waals surface area contributed by atoms with Gasteiger partial charge in [-0.05, 0) is 30.7 Å². The molecule has 0 saturated carbocycles. The van der Waals surface area contributed by atoms with E-state index in [0.29, 0.717) is 13.2 Å². The number of nitrogens with one attached hydrogen (secondary N) is 1. The van der Waals surface area contributed by atoms with E-state index in [0.717, 1.165) is 18.7 Å². The number of rotatable bonds is 9. The molecule has 1 aromatic carbocycles. The van der Waals surface area contributed by atoms with Crippen LogP contribution in [0.1, 0.15) is 23.7 Å². The predicted molar refractivity (Wildman–Crippen MR) is 83.0 cm³/mol. The summed E-state index contributed by atoms with van der Waals surface area (Å²) in [6, 6.07) is 16.4. The van der Waals surface area contributed by atoms with Crippen LogP contribution >= 0.6 is 0 Å². The fraction of sp³-hybridized carbons (Fsp3) is 0.353. The number of pyridine rings is 1. The molecular formula is C17H22N2O2. The average molecular weight is 286 g/mol. The first-order valence-corrected chi connectivity index (χ1v) is 7.29. The van der Waals surface area contributed by atoms with Crippen molar-refractivity contribution in [2.24, 2.45) is 0 Å². The van der Waals surface area contributed by atoms with Crippen LogP contribution in [0.5, 0.6) is 0 Å². The molecule has 4 nitrogen and oxygen atoms in total. The van der Waals surface area contributed by atoms with Crippen molar-refractivity contribution < 1.29 is 9.84 Å². The Morgan fingerprint density at radius 2 is 1.86 bits per heavy atom. The van der Waals surface area contributed by atoms with Crippen molar-refractivity contribution in [2.75, 3.05) is 26.4 Å². The third kappa shape index (κ3) is 5.27. The Morgan fingerprint density at radius 3 is 2.57 bits per heavy atom. The first kappa shape index (κ1) is 15.6. The SMILES string of the molecule is OCCOCCCNC(c1ccccc1)c1ccccn1. The minimum Gasteiger partial charge on any atom is -0.394 e. The number of aliphatic hydroxyl groups is 1. The summed E-state index contributed by atoms with van der Waals surface area (Å²) < 4.78 is 5.27. The zero-order valence-corrected chi connectivity index (χ0v) is 12.1. The van der Waals surface area contributed by atoms with Gasteiger partial charge in [-0.25, -0.2) is 0 Å². The van der Waals surface area contributed by atoms with Gasteiger partial charge < -0.3 is 15.2 Å². The molecule has 0 saturated heterocycles. The summed E-state index contributed by atoms with van der Waals surface area (Å²) in [6.45, 7) is 1.97. The summed E-state index contributed by atoms with van der Waals surface area (Å²) >= 11 is 0. The smallest absolute Gasteiger partial charge is 0.0751 e. The van der Waals surface area contributed by atoms with Gasteiger partial charge in [-0.1, -0.05) is 36.4 Å². The molecule has 1 aromatic heterocycles. The maximum atomic E-state index is 8.66. The maximum Gasteiger partial charge on any atom is 0.0751 e. The highest BCUT2D eigenvalue weighted by molar-refractivity contribution is 5.27. The fourth-order valence-electron chi connectivity index (χ4n) is 2.17. The summed E-state index contributed by atoms with van der Waals surface area (Å²) in [5, 5.41) is 12.2. The lowest BCUT2D eigenvalue weighted by Gasteiger charge is -2.18. The molecule has 0 bridgehead atoms. The predicted octanol–water partition coefficient (Wildman–Crippen LogP) is 2.16. The number of hydrogen-bond acceptors (Lipinski definition) is 4. The number of nitrogens with zero attached hydrogens (tertiary/aromatic N) is 1. The van der Waals surface area contributed by atoms with Crippen LogP contribution in [-0.4, -0.2) is 36.5 Å². The van der Waals surface area contributed by atoms with E-state index in [1.807, 2.05) is 42.6 Å². The van der Waals surface area contributed by atoms with Gasteiger partial charge in [-0.3, -0.25) is 4.98 Å². The highest BCUT2D eigenvalue weighted by atomic mass is 16.5. The van der Waals surface area contributed by atoms with Crippen LogP contribution < -0.4 is 5.32 Å². The van der Waals surface area contributed by atoms with E-state index < -0.39 is 0 Å². The monoisotopic (exact) mass is 286 g/mol. The van der Waals surface area contributed by atoms with Crippen molar-refractivity contribution in [3.05, 3.63) is 66.0 Å². The lowest BCUT2D eigenvalue weighted by atomic mass is 10.0. The number of ether oxygens (including phenoxy) is 1. The van der Waals surface area contributed by atoms with Crippen LogP contribution in [0.3, 0.4) is 0 Å². The van der Waals surface area contributed by atoms with Gasteiger partial charge in [0.25, 0.3) is 0 Å². The summed E-state index contributed by atoms with van der Waals surface area (Å²) in [5.74, 6) is 0. The summed E-state index contributed by atoms with van der Waals surface area (Å²) in [6.07, 6.45) is 2.72. The highest BCUT2D eigenvalue weighted by Gasteiger charge is 2.13. The zero-order valence-electron chi connectivity index (χ0n) is 12.1. The van der Waals surface area contributed by atoms with E-state index in [2.05, 4.69) is 22.4 Å². The molecule has 112 valence electrons. The van der Waals surface area contributed by atoms with Crippen molar-refractivity contribution in [1.29, 1.82) is 0 Å². The molecule has 0 radical (unpaired) electrons. The second-order valence-corrected chi connectivity index (χ2v) is 4.74. The molecule has 0 aliphatic rings. The van der Waals surface area contributed by atoms with Crippen molar-refractivity contribution in [3.8, 4) is 0 Å². The second kappa shape index (κ2) is 9.23. The van der Waals surface area contributed by atoms with Crippen molar-refractivity contribution in [3.63, 3.8) is 0 Å². The molecular weight excluding hydrogens is 264 g/mol. The van der Waals surface area contributed by atoms with Crippen molar-refractivity contribution in [1.82, 2.24) is 10.3 Å². The Bertz CT molecular complexity index is 451. The Balaban J connectivity index is 1.94. The summed E-state index contributed by atoms with van der Waals surface area (Å²) in [7, 11) is 0. The third-order valence-electron chi connectivity index (χ3n) is 3.17. The first-order chi connectivity index (χ1) is 10.4. The van der Waals surface area contributed by atoms with Crippen LogP contribution in [0, 0.1) is 0 Å². The quantitative estimate of drug-likeness (QED) is 0.694. The molecule has 21 heavy (non-hydrogen) atoms. The summed E-state index contributed by atoms with van der Waals surface area (Å²) in [5.41, 5.74) is 2.22. The fourth-order valence-corrected chi connectivity index (χ4v) is 2.17. The van der Waals surface area contributed by atoms with Gasteiger partial charge in [0.2, 0.25) is 0 Å². The van der Waals surface area contributed by atoms with Crippen LogP contribution in [0.15, 0.2) is 54.7 Å². The zero-order chi connectivity index (χ0) is 14.8. The Labute approximate surface area is 125 Å². The molecule has 2 rings (SSSR count). The van der Waals surface area contributed by atoms with E-state index in [-0.39, 0.29) is 12.6 Å². The molecule has 1 heterocycles. The second-order valence-electron chi connectivity index (χ2n) is 4.74. The Kier molecular flexibility index (Phi) is 6.88. The number of hydrogen-bond donors (Lipinski definition) is 2. The van der Waals surface area contributed by atoms with Crippen LogP contribution in [-0.2, 0) is 4.74 Å². The van der Waals surface area contributed by atoms with Crippen LogP contribution in [0.2, 0.25) is 0 Å². The van der Waals surface area contributed by atoms with Crippen LogP contribution in [0.4, 0.5) is 0 Å². The van der Waals surface area contributed by atoms with Gasteiger partial charge in [0, 0.05) is 12.8 Å². The Hall–Kier alpha value is -1.75.